The summed E-state index contributed by atoms with van der Waals surface area (Å²) in [6, 6.07) is 18.9. The number of hydrogen-bond acceptors (Lipinski definition) is 4. The van der Waals surface area contributed by atoms with Crippen molar-refractivity contribution in [2.75, 3.05) is 6.61 Å². The molecule has 1 aromatic heterocycles. The van der Waals surface area contributed by atoms with Crippen LogP contribution in [0, 0.1) is 6.92 Å². The minimum atomic E-state index is -0.346. The highest BCUT2D eigenvalue weighted by Gasteiger charge is 2.04. The highest BCUT2D eigenvalue weighted by Crippen LogP contribution is 2.23. The second-order valence-electron chi connectivity index (χ2n) is 5.60. The molecule has 0 unspecified atom stereocenters. The summed E-state index contributed by atoms with van der Waals surface area (Å²) in [5.41, 5.74) is 4.50. The second-order valence-corrected chi connectivity index (χ2v) is 6.52. The summed E-state index contributed by atoms with van der Waals surface area (Å²) >= 11 is 3.40. The number of carbonyl (C=O) groups is 1. The molecule has 26 heavy (non-hydrogen) atoms. The monoisotopic (exact) mass is 412 g/mol. The van der Waals surface area contributed by atoms with E-state index in [1.807, 2.05) is 61.5 Å². The Morgan fingerprint density at radius 3 is 2.58 bits per heavy atom. The second kappa shape index (κ2) is 8.49. The molecule has 1 N–H and O–H groups in total. The smallest absolute Gasteiger partial charge is 0.277 e. The van der Waals surface area contributed by atoms with Crippen molar-refractivity contribution < 1.29 is 13.9 Å². The average Bonchev–Trinajstić information content (AvgIpc) is 3.11. The zero-order valence-electron chi connectivity index (χ0n) is 14.1. The van der Waals surface area contributed by atoms with Crippen molar-refractivity contribution >= 4 is 28.1 Å². The molecule has 0 fully saturated rings. The molecule has 0 bridgehead atoms. The standard InChI is InChI=1S/C20H17BrN2O3/c1-14-2-8-17(9-3-14)25-13-20(24)23-22-12-18-10-11-19(26-18)15-4-6-16(21)7-5-15/h2-12H,13H2,1H3,(H,23,24). The third-order valence-corrected chi connectivity index (χ3v) is 4.06. The van der Waals surface area contributed by atoms with Gasteiger partial charge in [-0.25, -0.2) is 5.43 Å². The lowest BCUT2D eigenvalue weighted by Crippen LogP contribution is -2.24. The van der Waals surface area contributed by atoms with Gasteiger partial charge in [-0.1, -0.05) is 45.8 Å². The summed E-state index contributed by atoms with van der Waals surface area (Å²) in [7, 11) is 0. The summed E-state index contributed by atoms with van der Waals surface area (Å²) < 4.78 is 12.1. The molecule has 5 nitrogen and oxygen atoms in total. The lowest BCUT2D eigenvalue weighted by molar-refractivity contribution is -0.123. The quantitative estimate of drug-likeness (QED) is 0.477. The van der Waals surface area contributed by atoms with Crippen LogP contribution in [0.3, 0.4) is 0 Å². The van der Waals surface area contributed by atoms with Gasteiger partial charge in [0.05, 0.1) is 6.21 Å². The van der Waals surface area contributed by atoms with E-state index in [0.717, 1.165) is 21.4 Å². The first kappa shape index (κ1) is 17.9. The normalized spacial score (nSPS) is 10.8. The number of ether oxygens (including phenoxy) is 1. The van der Waals surface area contributed by atoms with Crippen LogP contribution in [0.5, 0.6) is 5.75 Å². The van der Waals surface area contributed by atoms with Crippen molar-refractivity contribution in [1.29, 1.82) is 0 Å². The molecule has 0 saturated heterocycles. The number of furan rings is 1. The number of amides is 1. The molecule has 0 aliphatic rings. The Morgan fingerprint density at radius 2 is 1.85 bits per heavy atom. The van der Waals surface area contributed by atoms with Crippen LogP contribution in [0.2, 0.25) is 0 Å². The molecule has 2 aromatic carbocycles. The maximum Gasteiger partial charge on any atom is 0.277 e. The number of rotatable bonds is 6. The lowest BCUT2D eigenvalue weighted by Gasteiger charge is -2.04. The highest BCUT2D eigenvalue weighted by atomic mass is 79.9. The van der Waals surface area contributed by atoms with E-state index in [9.17, 15) is 4.79 Å². The van der Waals surface area contributed by atoms with Crippen molar-refractivity contribution in [2.24, 2.45) is 5.10 Å². The summed E-state index contributed by atoms with van der Waals surface area (Å²) in [6.07, 6.45) is 1.45. The molecule has 0 saturated carbocycles. The zero-order valence-corrected chi connectivity index (χ0v) is 15.7. The van der Waals surface area contributed by atoms with Crippen LogP contribution < -0.4 is 10.2 Å². The Kier molecular flexibility index (Phi) is 5.86. The minimum Gasteiger partial charge on any atom is -0.484 e. The lowest BCUT2D eigenvalue weighted by atomic mass is 10.2. The van der Waals surface area contributed by atoms with E-state index in [1.165, 1.54) is 6.21 Å². The molecule has 0 aliphatic heterocycles. The Bertz CT molecular complexity index is 900. The highest BCUT2D eigenvalue weighted by molar-refractivity contribution is 9.10. The Balaban J connectivity index is 1.49. The molecule has 3 aromatic rings. The minimum absolute atomic E-state index is 0.108. The van der Waals surface area contributed by atoms with E-state index < -0.39 is 0 Å². The first-order valence-electron chi connectivity index (χ1n) is 7.97. The molecule has 0 aliphatic carbocycles. The van der Waals surface area contributed by atoms with Gasteiger partial charge in [-0.15, -0.1) is 0 Å². The van der Waals surface area contributed by atoms with Crippen molar-refractivity contribution in [1.82, 2.24) is 5.43 Å². The predicted molar refractivity (Wildman–Crippen MR) is 104 cm³/mol. The Labute approximate surface area is 159 Å². The number of nitrogens with one attached hydrogen (secondary N) is 1. The number of aryl methyl sites for hydroxylation is 1. The zero-order chi connectivity index (χ0) is 18.4. The number of hydrogen-bond donors (Lipinski definition) is 1. The van der Waals surface area contributed by atoms with E-state index in [0.29, 0.717) is 11.5 Å². The molecule has 3 rings (SSSR count). The Morgan fingerprint density at radius 1 is 1.12 bits per heavy atom. The van der Waals surface area contributed by atoms with E-state index >= 15 is 0 Å². The molecule has 132 valence electrons. The topological polar surface area (TPSA) is 63.8 Å². The molecular weight excluding hydrogens is 396 g/mol. The first-order valence-corrected chi connectivity index (χ1v) is 8.76. The van der Waals surface area contributed by atoms with Gasteiger partial charge in [-0.05, 0) is 43.3 Å². The molecule has 1 amide bonds. The number of carbonyl (C=O) groups excluding carboxylic acids is 1. The van der Waals surface area contributed by atoms with Gasteiger partial charge in [0.15, 0.2) is 6.61 Å². The van der Waals surface area contributed by atoms with Crippen LogP contribution in [-0.4, -0.2) is 18.7 Å². The average molecular weight is 413 g/mol. The van der Waals surface area contributed by atoms with Gasteiger partial charge in [0.25, 0.3) is 5.91 Å². The van der Waals surface area contributed by atoms with Gasteiger partial charge in [0.2, 0.25) is 0 Å². The largest absolute Gasteiger partial charge is 0.484 e. The number of halogens is 1. The third kappa shape index (κ3) is 5.07. The summed E-state index contributed by atoms with van der Waals surface area (Å²) in [4.78, 5) is 11.7. The molecule has 1 heterocycles. The van der Waals surface area contributed by atoms with Gasteiger partial charge in [-0.2, -0.15) is 5.10 Å². The van der Waals surface area contributed by atoms with Crippen molar-refractivity contribution in [2.45, 2.75) is 6.92 Å². The molecule has 0 spiro atoms. The predicted octanol–water partition coefficient (Wildman–Crippen LogP) is 4.55. The molecular formula is C20H17BrN2O3. The van der Waals surface area contributed by atoms with Gasteiger partial charge in [-0.3, -0.25) is 4.79 Å². The van der Waals surface area contributed by atoms with Crippen LogP contribution in [0.15, 0.2) is 74.7 Å². The fourth-order valence-corrected chi connectivity index (χ4v) is 2.44. The summed E-state index contributed by atoms with van der Waals surface area (Å²) in [5.74, 6) is 1.57. The van der Waals surface area contributed by atoms with E-state index in [-0.39, 0.29) is 12.5 Å². The van der Waals surface area contributed by atoms with E-state index in [2.05, 4.69) is 26.5 Å². The maximum absolute atomic E-state index is 11.7. The van der Waals surface area contributed by atoms with Crippen LogP contribution in [0.25, 0.3) is 11.3 Å². The van der Waals surface area contributed by atoms with Crippen LogP contribution in [-0.2, 0) is 4.79 Å². The van der Waals surface area contributed by atoms with Crippen LogP contribution >= 0.6 is 15.9 Å². The summed E-state index contributed by atoms with van der Waals surface area (Å²) in [5, 5.41) is 3.88. The molecule has 0 atom stereocenters. The van der Waals surface area contributed by atoms with Gasteiger partial charge in [0, 0.05) is 10.0 Å². The van der Waals surface area contributed by atoms with E-state index in [4.69, 9.17) is 9.15 Å². The maximum atomic E-state index is 11.7. The van der Waals surface area contributed by atoms with Crippen LogP contribution in [0.4, 0.5) is 0 Å². The van der Waals surface area contributed by atoms with Gasteiger partial charge >= 0.3 is 0 Å². The number of nitrogens with zero attached hydrogens (tertiary/aromatic N) is 1. The van der Waals surface area contributed by atoms with Crippen LogP contribution in [0.1, 0.15) is 11.3 Å². The first-order chi connectivity index (χ1) is 12.6. The number of benzene rings is 2. The van der Waals surface area contributed by atoms with Crippen molar-refractivity contribution in [3.05, 3.63) is 76.5 Å². The van der Waals surface area contributed by atoms with Crippen molar-refractivity contribution in [3.63, 3.8) is 0 Å². The third-order valence-electron chi connectivity index (χ3n) is 3.53. The summed E-state index contributed by atoms with van der Waals surface area (Å²) in [6.45, 7) is 1.88. The van der Waals surface area contributed by atoms with Gasteiger partial charge < -0.3 is 9.15 Å². The number of hydrazone groups is 1. The molecule has 0 radical (unpaired) electrons. The van der Waals surface area contributed by atoms with Gasteiger partial charge in [0.1, 0.15) is 17.3 Å². The van der Waals surface area contributed by atoms with Crippen molar-refractivity contribution in [3.8, 4) is 17.1 Å². The SMILES string of the molecule is Cc1ccc(OCC(=O)NN=Cc2ccc(-c3ccc(Br)cc3)o2)cc1. The Hall–Kier alpha value is -2.86. The fourth-order valence-electron chi connectivity index (χ4n) is 2.18. The molecule has 6 heteroatoms. The van der Waals surface area contributed by atoms with E-state index in [1.54, 1.807) is 6.07 Å². The fraction of sp³-hybridized carbons (Fsp3) is 0.100.